The molecule has 0 aliphatic heterocycles. The highest BCUT2D eigenvalue weighted by atomic mass is 16.5. The quantitative estimate of drug-likeness (QED) is 0.378. The van der Waals surface area contributed by atoms with Crippen molar-refractivity contribution in [3.05, 3.63) is 0 Å². The first-order valence-electron chi connectivity index (χ1n) is 4.25. The number of methoxy groups -OCH3 is 2. The number of aliphatic hydroxyl groups is 4. The second-order valence-corrected chi connectivity index (χ2v) is 2.96. The van der Waals surface area contributed by atoms with Crippen molar-refractivity contribution in [2.24, 2.45) is 0 Å². The second-order valence-electron chi connectivity index (χ2n) is 2.96. The zero-order valence-electron chi connectivity index (χ0n) is 8.33. The molecular weight excluding hydrogens is 192 g/mol. The van der Waals surface area contributed by atoms with E-state index in [1.54, 1.807) is 0 Å². The Balaban J connectivity index is 4.23. The number of rotatable bonds is 7. The van der Waals surface area contributed by atoms with Crippen LogP contribution in [0.1, 0.15) is 0 Å². The summed E-state index contributed by atoms with van der Waals surface area (Å²) in [7, 11) is 2.68. The molecule has 6 heteroatoms. The standard InChI is InChI=1S/C8H18O6/c1-13-4-6(11)8(14-2)7(12)5(10)3-9/h5-12H,3-4H2,1-2H3/t5-,6+,7+,8-/m0/s1. The Hall–Kier alpha value is -0.240. The van der Waals surface area contributed by atoms with Crippen LogP contribution in [0.25, 0.3) is 0 Å². The monoisotopic (exact) mass is 210 g/mol. The SMILES string of the molecule is COC[C@@H](O)[C@H](OC)[C@H](O)[C@@H](O)CO. The summed E-state index contributed by atoms with van der Waals surface area (Å²) < 4.78 is 9.46. The summed E-state index contributed by atoms with van der Waals surface area (Å²) in [6, 6.07) is 0. The largest absolute Gasteiger partial charge is 0.394 e. The Morgan fingerprint density at radius 1 is 1.07 bits per heavy atom. The van der Waals surface area contributed by atoms with Gasteiger partial charge in [-0.3, -0.25) is 0 Å². The zero-order valence-corrected chi connectivity index (χ0v) is 8.33. The van der Waals surface area contributed by atoms with Gasteiger partial charge in [0.1, 0.15) is 24.4 Å². The topological polar surface area (TPSA) is 99.4 Å². The van der Waals surface area contributed by atoms with Crippen molar-refractivity contribution in [2.75, 3.05) is 27.4 Å². The van der Waals surface area contributed by atoms with Crippen LogP contribution in [0.3, 0.4) is 0 Å². The molecule has 0 spiro atoms. The highest BCUT2D eigenvalue weighted by Crippen LogP contribution is 2.08. The van der Waals surface area contributed by atoms with Crippen molar-refractivity contribution in [3.8, 4) is 0 Å². The first kappa shape index (κ1) is 13.8. The molecule has 0 aromatic carbocycles. The van der Waals surface area contributed by atoms with Crippen LogP contribution in [0.5, 0.6) is 0 Å². The summed E-state index contributed by atoms with van der Waals surface area (Å²) in [6.07, 6.45) is -4.74. The minimum Gasteiger partial charge on any atom is -0.394 e. The third-order valence-electron chi connectivity index (χ3n) is 1.91. The van der Waals surface area contributed by atoms with Crippen molar-refractivity contribution in [3.63, 3.8) is 0 Å². The van der Waals surface area contributed by atoms with Crippen LogP contribution in [-0.4, -0.2) is 72.3 Å². The Bertz CT molecular complexity index is 142. The molecule has 0 unspecified atom stereocenters. The van der Waals surface area contributed by atoms with E-state index in [1.165, 1.54) is 14.2 Å². The van der Waals surface area contributed by atoms with Crippen molar-refractivity contribution in [2.45, 2.75) is 24.4 Å². The van der Waals surface area contributed by atoms with Gasteiger partial charge in [0.05, 0.1) is 13.2 Å². The molecule has 0 aromatic rings. The predicted octanol–water partition coefficient (Wildman–Crippen LogP) is -2.28. The molecule has 14 heavy (non-hydrogen) atoms. The maximum Gasteiger partial charge on any atom is 0.114 e. The number of hydrogen-bond donors (Lipinski definition) is 4. The van der Waals surface area contributed by atoms with E-state index in [0.29, 0.717) is 0 Å². The van der Waals surface area contributed by atoms with Gasteiger partial charge in [-0.1, -0.05) is 0 Å². The lowest BCUT2D eigenvalue weighted by Gasteiger charge is -2.28. The summed E-state index contributed by atoms with van der Waals surface area (Å²) in [5.41, 5.74) is 0. The molecule has 0 amide bonds. The van der Waals surface area contributed by atoms with Gasteiger partial charge < -0.3 is 29.9 Å². The Labute approximate surface area is 82.7 Å². The molecule has 0 saturated carbocycles. The Kier molecular flexibility index (Phi) is 6.98. The summed E-state index contributed by atoms with van der Waals surface area (Å²) in [4.78, 5) is 0. The third kappa shape index (κ3) is 3.87. The fraction of sp³-hybridized carbons (Fsp3) is 1.00. The van der Waals surface area contributed by atoms with E-state index in [1.807, 2.05) is 0 Å². The van der Waals surface area contributed by atoms with Crippen LogP contribution in [0.15, 0.2) is 0 Å². The summed E-state index contributed by atoms with van der Waals surface area (Å²) in [6.45, 7) is -0.617. The molecule has 0 heterocycles. The van der Waals surface area contributed by atoms with Gasteiger partial charge in [-0.05, 0) is 0 Å². The maximum absolute atomic E-state index is 9.42. The normalized spacial score (nSPS) is 20.1. The van der Waals surface area contributed by atoms with E-state index in [0.717, 1.165) is 0 Å². The van der Waals surface area contributed by atoms with Gasteiger partial charge in [-0.25, -0.2) is 0 Å². The second kappa shape index (κ2) is 7.10. The van der Waals surface area contributed by atoms with Gasteiger partial charge in [0.2, 0.25) is 0 Å². The molecule has 86 valence electrons. The molecular formula is C8H18O6. The van der Waals surface area contributed by atoms with Crippen LogP contribution >= 0.6 is 0 Å². The first-order chi connectivity index (χ1) is 6.58. The highest BCUT2D eigenvalue weighted by Gasteiger charge is 2.31. The van der Waals surface area contributed by atoms with Crippen LogP contribution in [0, 0.1) is 0 Å². The van der Waals surface area contributed by atoms with Crippen LogP contribution in [0.2, 0.25) is 0 Å². The number of ether oxygens (including phenoxy) is 2. The Morgan fingerprint density at radius 3 is 2.00 bits per heavy atom. The smallest absolute Gasteiger partial charge is 0.114 e. The van der Waals surface area contributed by atoms with Crippen molar-refractivity contribution in [1.29, 1.82) is 0 Å². The molecule has 0 radical (unpaired) electrons. The van der Waals surface area contributed by atoms with E-state index in [2.05, 4.69) is 4.74 Å². The molecule has 0 rings (SSSR count). The van der Waals surface area contributed by atoms with Crippen LogP contribution in [0.4, 0.5) is 0 Å². The maximum atomic E-state index is 9.42. The van der Waals surface area contributed by atoms with E-state index in [4.69, 9.17) is 14.9 Å². The van der Waals surface area contributed by atoms with Gasteiger partial charge in [-0.2, -0.15) is 0 Å². The highest BCUT2D eigenvalue weighted by molar-refractivity contribution is 4.81. The molecule has 6 nitrogen and oxygen atoms in total. The van der Waals surface area contributed by atoms with Gasteiger partial charge in [0.15, 0.2) is 0 Å². The average molecular weight is 210 g/mol. The van der Waals surface area contributed by atoms with E-state index in [9.17, 15) is 10.2 Å². The van der Waals surface area contributed by atoms with Crippen molar-refractivity contribution < 1.29 is 29.9 Å². The molecule has 0 saturated heterocycles. The van der Waals surface area contributed by atoms with Gasteiger partial charge >= 0.3 is 0 Å². The third-order valence-corrected chi connectivity index (χ3v) is 1.91. The summed E-state index contributed by atoms with van der Waals surface area (Å²) in [5.74, 6) is 0. The molecule has 0 aliphatic rings. The lowest BCUT2D eigenvalue weighted by atomic mass is 10.0. The fourth-order valence-electron chi connectivity index (χ4n) is 1.12. The van der Waals surface area contributed by atoms with E-state index < -0.39 is 31.0 Å². The van der Waals surface area contributed by atoms with Crippen LogP contribution < -0.4 is 0 Å². The molecule has 0 aromatic heterocycles. The molecule has 4 atom stereocenters. The Morgan fingerprint density at radius 2 is 1.64 bits per heavy atom. The first-order valence-corrected chi connectivity index (χ1v) is 4.25. The lowest BCUT2D eigenvalue weighted by molar-refractivity contribution is -0.139. The molecule has 0 fully saturated rings. The minimum atomic E-state index is -1.35. The predicted molar refractivity (Wildman–Crippen MR) is 47.8 cm³/mol. The van der Waals surface area contributed by atoms with Crippen molar-refractivity contribution >= 4 is 0 Å². The lowest BCUT2D eigenvalue weighted by Crippen LogP contribution is -2.48. The molecule has 0 aliphatic carbocycles. The number of hydrogen-bond acceptors (Lipinski definition) is 6. The summed E-state index contributed by atoms with van der Waals surface area (Å²) >= 11 is 0. The summed E-state index contributed by atoms with van der Waals surface area (Å²) in [5, 5.41) is 36.5. The van der Waals surface area contributed by atoms with Gasteiger partial charge in [0, 0.05) is 14.2 Å². The van der Waals surface area contributed by atoms with Gasteiger partial charge in [0.25, 0.3) is 0 Å². The van der Waals surface area contributed by atoms with E-state index in [-0.39, 0.29) is 6.61 Å². The molecule has 4 N–H and O–H groups in total. The van der Waals surface area contributed by atoms with E-state index >= 15 is 0 Å². The molecule has 0 bridgehead atoms. The van der Waals surface area contributed by atoms with Crippen molar-refractivity contribution in [1.82, 2.24) is 0 Å². The minimum absolute atomic E-state index is 0.0201. The van der Waals surface area contributed by atoms with Crippen LogP contribution in [-0.2, 0) is 9.47 Å². The average Bonchev–Trinajstić information content (AvgIpc) is 2.18. The van der Waals surface area contributed by atoms with Gasteiger partial charge in [-0.15, -0.1) is 0 Å². The fourth-order valence-corrected chi connectivity index (χ4v) is 1.12. The number of aliphatic hydroxyl groups excluding tert-OH is 4. The zero-order chi connectivity index (χ0) is 11.1.